The van der Waals surface area contributed by atoms with Crippen molar-refractivity contribution < 1.29 is 4.79 Å². The number of carbonyl (C=O) groups excluding carboxylic acids is 1. The molecule has 20 heavy (non-hydrogen) atoms. The van der Waals surface area contributed by atoms with Gasteiger partial charge in [0.2, 0.25) is 5.91 Å². The Bertz CT molecular complexity index is 713. The van der Waals surface area contributed by atoms with E-state index in [9.17, 15) is 9.59 Å². The normalized spacial score (nSPS) is 10.3. The van der Waals surface area contributed by atoms with Crippen LogP contribution in [0.15, 0.2) is 29.1 Å². The van der Waals surface area contributed by atoms with Crippen molar-refractivity contribution in [2.24, 2.45) is 0 Å². The molecule has 0 aliphatic heterocycles. The lowest BCUT2D eigenvalue weighted by molar-refractivity contribution is -0.115. The van der Waals surface area contributed by atoms with E-state index in [4.69, 9.17) is 23.2 Å². The fraction of sp³-hybridized carbons (Fsp3) is 0.154. The van der Waals surface area contributed by atoms with Gasteiger partial charge in [-0.25, -0.2) is 5.10 Å². The Balaban J connectivity index is 2.11. The van der Waals surface area contributed by atoms with E-state index in [2.05, 4.69) is 15.5 Å². The van der Waals surface area contributed by atoms with Gasteiger partial charge >= 0.3 is 0 Å². The molecule has 0 spiro atoms. The first kappa shape index (κ1) is 14.6. The number of rotatable bonds is 3. The summed E-state index contributed by atoms with van der Waals surface area (Å²) in [6.07, 6.45) is -0.0427. The fourth-order valence-electron chi connectivity index (χ4n) is 1.64. The van der Waals surface area contributed by atoms with Gasteiger partial charge in [-0.15, -0.1) is 0 Å². The van der Waals surface area contributed by atoms with E-state index in [-0.39, 0.29) is 17.9 Å². The van der Waals surface area contributed by atoms with Crippen molar-refractivity contribution in [2.45, 2.75) is 13.3 Å². The number of anilines is 1. The van der Waals surface area contributed by atoms with E-state index >= 15 is 0 Å². The van der Waals surface area contributed by atoms with Crippen molar-refractivity contribution in [1.29, 1.82) is 0 Å². The standard InChI is InChI=1S/C13H11Cl2N3O2/c1-7-4-8(13(20)18-17-7)5-12(19)16-9-2-3-10(14)11(15)6-9/h2-4,6H,5H2,1H3,(H,16,19)(H,18,20). The molecule has 0 fully saturated rings. The van der Waals surface area contributed by atoms with Crippen LogP contribution in [0.4, 0.5) is 5.69 Å². The third-order valence-electron chi connectivity index (χ3n) is 2.56. The van der Waals surface area contributed by atoms with E-state index < -0.39 is 0 Å². The molecule has 2 N–H and O–H groups in total. The number of halogens is 2. The van der Waals surface area contributed by atoms with Crippen molar-refractivity contribution in [2.75, 3.05) is 5.32 Å². The summed E-state index contributed by atoms with van der Waals surface area (Å²) in [5.41, 5.74) is 1.14. The van der Waals surface area contributed by atoms with Crippen molar-refractivity contribution in [3.8, 4) is 0 Å². The first-order valence-corrected chi connectivity index (χ1v) is 6.51. The zero-order valence-electron chi connectivity index (χ0n) is 10.5. The number of aromatic nitrogens is 2. The highest BCUT2D eigenvalue weighted by Gasteiger charge is 2.09. The predicted molar refractivity (Wildman–Crippen MR) is 78.4 cm³/mol. The van der Waals surface area contributed by atoms with Gasteiger partial charge in [-0.3, -0.25) is 9.59 Å². The minimum Gasteiger partial charge on any atom is -0.326 e. The van der Waals surface area contributed by atoms with Crippen LogP contribution in [0.25, 0.3) is 0 Å². The molecule has 0 saturated carbocycles. The number of aryl methyl sites for hydroxylation is 1. The summed E-state index contributed by atoms with van der Waals surface area (Å²) in [4.78, 5) is 23.4. The number of benzene rings is 1. The largest absolute Gasteiger partial charge is 0.326 e. The number of H-pyrrole nitrogens is 1. The lowest BCUT2D eigenvalue weighted by atomic mass is 10.2. The van der Waals surface area contributed by atoms with Crippen LogP contribution in [0.1, 0.15) is 11.3 Å². The highest BCUT2D eigenvalue weighted by Crippen LogP contribution is 2.24. The van der Waals surface area contributed by atoms with Crippen molar-refractivity contribution >= 4 is 34.8 Å². The molecule has 0 bridgehead atoms. The van der Waals surface area contributed by atoms with Crippen LogP contribution in [0.3, 0.4) is 0 Å². The monoisotopic (exact) mass is 311 g/mol. The minimum absolute atomic E-state index is 0.0427. The summed E-state index contributed by atoms with van der Waals surface area (Å²) < 4.78 is 0. The second-order valence-electron chi connectivity index (χ2n) is 4.22. The smallest absolute Gasteiger partial charge is 0.267 e. The Morgan fingerprint density at radius 3 is 2.75 bits per heavy atom. The molecule has 0 aliphatic carbocycles. The Hall–Kier alpha value is -1.85. The molecule has 5 nitrogen and oxygen atoms in total. The maximum absolute atomic E-state index is 11.9. The predicted octanol–water partition coefficient (Wildman–Crippen LogP) is 2.57. The molecular formula is C13H11Cl2N3O2. The number of nitrogens with zero attached hydrogens (tertiary/aromatic N) is 1. The second-order valence-corrected chi connectivity index (χ2v) is 5.03. The molecule has 1 amide bonds. The average Bonchev–Trinajstić information content (AvgIpc) is 2.38. The van der Waals surface area contributed by atoms with E-state index in [1.165, 1.54) is 0 Å². The van der Waals surface area contributed by atoms with Crippen LogP contribution < -0.4 is 10.9 Å². The Kier molecular flexibility index (Phi) is 4.42. The van der Waals surface area contributed by atoms with Gasteiger partial charge in [0.05, 0.1) is 22.2 Å². The second kappa shape index (κ2) is 6.07. The van der Waals surface area contributed by atoms with Crippen LogP contribution in [0.2, 0.25) is 10.0 Å². The van der Waals surface area contributed by atoms with E-state index in [1.807, 2.05) is 0 Å². The Morgan fingerprint density at radius 2 is 2.05 bits per heavy atom. The first-order valence-electron chi connectivity index (χ1n) is 5.76. The van der Waals surface area contributed by atoms with E-state index in [0.717, 1.165) is 0 Å². The van der Waals surface area contributed by atoms with E-state index in [1.54, 1.807) is 31.2 Å². The number of hydrogen-bond donors (Lipinski definition) is 2. The van der Waals surface area contributed by atoms with Crippen LogP contribution in [0, 0.1) is 6.92 Å². The van der Waals surface area contributed by atoms with Crippen molar-refractivity contribution in [3.63, 3.8) is 0 Å². The van der Waals surface area contributed by atoms with Gasteiger partial charge in [0.1, 0.15) is 0 Å². The zero-order chi connectivity index (χ0) is 14.7. The number of nitrogens with one attached hydrogen (secondary N) is 2. The van der Waals surface area contributed by atoms with Crippen LogP contribution in [0.5, 0.6) is 0 Å². The summed E-state index contributed by atoms with van der Waals surface area (Å²) >= 11 is 11.6. The summed E-state index contributed by atoms with van der Waals surface area (Å²) in [5.74, 6) is -0.320. The highest BCUT2D eigenvalue weighted by molar-refractivity contribution is 6.42. The molecule has 7 heteroatoms. The van der Waals surface area contributed by atoms with Gasteiger partial charge in [0, 0.05) is 11.3 Å². The van der Waals surface area contributed by atoms with E-state index in [0.29, 0.717) is 27.0 Å². The van der Waals surface area contributed by atoms with Crippen LogP contribution in [-0.2, 0) is 11.2 Å². The summed E-state index contributed by atoms with van der Waals surface area (Å²) in [6, 6.07) is 6.34. The summed E-state index contributed by atoms with van der Waals surface area (Å²) in [5, 5.41) is 9.49. The highest BCUT2D eigenvalue weighted by atomic mass is 35.5. The molecule has 0 atom stereocenters. The molecular weight excluding hydrogens is 301 g/mol. The van der Waals surface area contributed by atoms with Crippen LogP contribution >= 0.6 is 23.2 Å². The first-order chi connectivity index (χ1) is 9.45. The summed E-state index contributed by atoms with van der Waals surface area (Å²) in [7, 11) is 0. The molecule has 0 aliphatic rings. The number of carbonyl (C=O) groups is 1. The third-order valence-corrected chi connectivity index (χ3v) is 3.30. The SMILES string of the molecule is Cc1cc(CC(=O)Nc2ccc(Cl)c(Cl)c2)c(=O)[nH]n1. The molecule has 104 valence electrons. The molecule has 0 radical (unpaired) electrons. The van der Waals surface area contributed by atoms with Gasteiger partial charge in [0.25, 0.3) is 5.56 Å². The van der Waals surface area contributed by atoms with Crippen molar-refractivity contribution in [1.82, 2.24) is 10.2 Å². The number of hydrogen-bond acceptors (Lipinski definition) is 3. The molecule has 0 unspecified atom stereocenters. The Morgan fingerprint density at radius 1 is 1.30 bits per heavy atom. The summed E-state index contributed by atoms with van der Waals surface area (Å²) in [6.45, 7) is 1.73. The van der Waals surface area contributed by atoms with Crippen LogP contribution in [-0.4, -0.2) is 16.1 Å². The maximum atomic E-state index is 11.9. The number of amides is 1. The molecule has 1 aromatic heterocycles. The van der Waals surface area contributed by atoms with Gasteiger partial charge < -0.3 is 5.32 Å². The lowest BCUT2D eigenvalue weighted by Gasteiger charge is -2.06. The molecule has 0 saturated heterocycles. The lowest BCUT2D eigenvalue weighted by Crippen LogP contribution is -2.22. The third kappa shape index (κ3) is 3.59. The van der Waals surface area contributed by atoms with Gasteiger partial charge in [-0.1, -0.05) is 23.2 Å². The number of aromatic amines is 1. The topological polar surface area (TPSA) is 74.8 Å². The maximum Gasteiger partial charge on any atom is 0.267 e. The molecule has 2 rings (SSSR count). The zero-order valence-corrected chi connectivity index (χ0v) is 12.0. The van der Waals surface area contributed by atoms with Crippen molar-refractivity contribution in [3.05, 3.63) is 55.9 Å². The molecule has 1 aromatic carbocycles. The fourth-order valence-corrected chi connectivity index (χ4v) is 1.94. The Labute approximate surface area is 124 Å². The van der Waals surface area contributed by atoms with Gasteiger partial charge in [-0.2, -0.15) is 5.10 Å². The molecule has 1 heterocycles. The minimum atomic E-state index is -0.375. The average molecular weight is 312 g/mol. The molecule has 2 aromatic rings. The van der Waals surface area contributed by atoms with Gasteiger partial charge in [-0.05, 0) is 31.2 Å². The van der Waals surface area contributed by atoms with Gasteiger partial charge in [0.15, 0.2) is 0 Å². The quantitative estimate of drug-likeness (QED) is 0.914.